The molecule has 0 aromatic heterocycles. The summed E-state index contributed by atoms with van der Waals surface area (Å²) in [6.07, 6.45) is 73.8. The molecule has 0 aliphatic heterocycles. The van der Waals surface area contributed by atoms with E-state index >= 15 is 0 Å². The van der Waals surface area contributed by atoms with Gasteiger partial charge in [0.1, 0.15) is 13.2 Å². The summed E-state index contributed by atoms with van der Waals surface area (Å²) in [4.78, 5) is 38.0. The summed E-state index contributed by atoms with van der Waals surface area (Å²) in [5.41, 5.74) is 0. The van der Waals surface area contributed by atoms with Crippen molar-refractivity contribution >= 4 is 17.9 Å². The first-order chi connectivity index (χ1) is 34.5. The van der Waals surface area contributed by atoms with Crippen molar-refractivity contribution in [3.8, 4) is 0 Å². The molecule has 1 atom stereocenters. The van der Waals surface area contributed by atoms with Crippen LogP contribution in [0.25, 0.3) is 0 Å². The second kappa shape index (κ2) is 58.7. The number of carbonyl (C=O) groups excluding carboxylic acids is 3. The van der Waals surface area contributed by atoms with E-state index in [4.69, 9.17) is 14.2 Å². The molecule has 6 nitrogen and oxygen atoms in total. The van der Waals surface area contributed by atoms with Crippen molar-refractivity contribution in [3.63, 3.8) is 0 Å². The lowest BCUT2D eigenvalue weighted by Crippen LogP contribution is -2.30. The van der Waals surface area contributed by atoms with Crippen LogP contribution in [-0.2, 0) is 28.6 Å². The van der Waals surface area contributed by atoms with Crippen molar-refractivity contribution in [1.82, 2.24) is 0 Å². The topological polar surface area (TPSA) is 78.9 Å². The van der Waals surface area contributed by atoms with Gasteiger partial charge in [-0.2, -0.15) is 0 Å². The van der Waals surface area contributed by atoms with E-state index in [9.17, 15) is 14.4 Å². The molecule has 70 heavy (non-hydrogen) atoms. The third-order valence-corrected chi connectivity index (χ3v) is 13.3. The molecule has 0 saturated heterocycles. The monoisotopic (exact) mass is 979 g/mol. The summed E-state index contributed by atoms with van der Waals surface area (Å²) in [7, 11) is 0. The first kappa shape index (κ1) is 67.1. The SMILES string of the molecule is CC/C=C\C/C=C\C/C=C\C/C=C\C/C=C\CCCCCCCCCCCC(=O)OCC(COC(=O)CCCCCCCCC)OC(=O)CCCCCCCCCCCCCCCCCCCCCC. The molecule has 6 heteroatoms. The van der Waals surface area contributed by atoms with Gasteiger partial charge < -0.3 is 14.2 Å². The average Bonchev–Trinajstić information content (AvgIpc) is 3.36. The Hall–Kier alpha value is -2.89. The fourth-order valence-electron chi connectivity index (χ4n) is 8.77. The predicted molar refractivity (Wildman–Crippen MR) is 302 cm³/mol. The lowest BCUT2D eigenvalue weighted by atomic mass is 10.0. The molecule has 0 amide bonds. The maximum absolute atomic E-state index is 12.8. The lowest BCUT2D eigenvalue weighted by Gasteiger charge is -2.18. The summed E-state index contributed by atoms with van der Waals surface area (Å²) in [6.45, 7) is 6.52. The van der Waals surface area contributed by atoms with E-state index in [-0.39, 0.29) is 31.1 Å². The van der Waals surface area contributed by atoms with E-state index in [2.05, 4.69) is 81.5 Å². The van der Waals surface area contributed by atoms with Gasteiger partial charge >= 0.3 is 17.9 Å². The number of hydrogen-bond donors (Lipinski definition) is 0. The Bertz CT molecular complexity index is 1260. The summed E-state index contributed by atoms with van der Waals surface area (Å²) < 4.78 is 16.8. The van der Waals surface area contributed by atoms with E-state index in [1.165, 1.54) is 173 Å². The van der Waals surface area contributed by atoms with E-state index in [0.717, 1.165) is 96.3 Å². The summed E-state index contributed by atoms with van der Waals surface area (Å²) in [5, 5.41) is 0. The smallest absolute Gasteiger partial charge is 0.306 e. The second-order valence-electron chi connectivity index (χ2n) is 20.2. The molecule has 0 radical (unpaired) electrons. The van der Waals surface area contributed by atoms with Crippen LogP contribution in [0.15, 0.2) is 60.8 Å². The maximum Gasteiger partial charge on any atom is 0.306 e. The average molecular weight is 980 g/mol. The molecule has 0 bridgehead atoms. The third kappa shape index (κ3) is 56.0. The summed E-state index contributed by atoms with van der Waals surface area (Å²) in [5.74, 6) is -0.870. The van der Waals surface area contributed by atoms with Crippen LogP contribution in [0.5, 0.6) is 0 Å². The third-order valence-electron chi connectivity index (χ3n) is 13.3. The highest BCUT2D eigenvalue weighted by atomic mass is 16.6. The zero-order chi connectivity index (χ0) is 50.7. The van der Waals surface area contributed by atoms with Crippen LogP contribution >= 0.6 is 0 Å². The Morgan fingerprint density at radius 2 is 0.557 bits per heavy atom. The Kier molecular flexibility index (Phi) is 56.3. The van der Waals surface area contributed by atoms with Gasteiger partial charge in [-0.25, -0.2) is 0 Å². The van der Waals surface area contributed by atoms with E-state index < -0.39 is 6.10 Å². The number of hydrogen-bond acceptors (Lipinski definition) is 6. The Balaban J connectivity index is 4.15. The molecule has 0 aromatic rings. The molecule has 406 valence electrons. The minimum Gasteiger partial charge on any atom is -0.462 e. The molecular formula is C64H114O6. The summed E-state index contributed by atoms with van der Waals surface area (Å²) in [6, 6.07) is 0. The number of ether oxygens (including phenoxy) is 3. The Labute approximate surface area is 434 Å². The van der Waals surface area contributed by atoms with Crippen LogP contribution in [0.4, 0.5) is 0 Å². The quantitative estimate of drug-likeness (QED) is 0.0261. The number of rotatable bonds is 55. The molecule has 1 unspecified atom stereocenters. The first-order valence-corrected chi connectivity index (χ1v) is 30.3. The molecule has 0 heterocycles. The van der Waals surface area contributed by atoms with Crippen molar-refractivity contribution in [2.75, 3.05) is 13.2 Å². The minimum atomic E-state index is -0.772. The zero-order valence-corrected chi connectivity index (χ0v) is 46.5. The zero-order valence-electron chi connectivity index (χ0n) is 46.5. The Morgan fingerprint density at radius 1 is 0.300 bits per heavy atom. The highest BCUT2D eigenvalue weighted by Gasteiger charge is 2.19. The van der Waals surface area contributed by atoms with E-state index in [1.807, 2.05) is 0 Å². The second-order valence-corrected chi connectivity index (χ2v) is 20.2. The van der Waals surface area contributed by atoms with Gasteiger partial charge in [0.15, 0.2) is 6.10 Å². The fourth-order valence-corrected chi connectivity index (χ4v) is 8.77. The first-order valence-electron chi connectivity index (χ1n) is 30.3. The largest absolute Gasteiger partial charge is 0.462 e. The van der Waals surface area contributed by atoms with Gasteiger partial charge in [-0.3, -0.25) is 14.4 Å². The standard InChI is InChI=1S/C64H114O6/c1-4-7-10-13-16-18-20-22-24-26-28-30-31-32-33-34-36-37-39-41-43-45-48-51-54-57-63(66)69-60-61(59-68-62(65)56-53-50-47-15-12-9-6-3)70-64(67)58-55-52-49-46-44-42-40-38-35-29-27-25-23-21-19-17-14-11-8-5-2/h7,10,16,18,22,24,28,30,32-33,61H,4-6,8-9,11-15,17,19-21,23,25-27,29,31,34-60H2,1-3H3/b10-7-,18-16-,24-22-,30-28-,33-32-. The molecule has 0 rings (SSSR count). The van der Waals surface area contributed by atoms with Gasteiger partial charge in [0.25, 0.3) is 0 Å². The van der Waals surface area contributed by atoms with Crippen LogP contribution in [0, 0.1) is 0 Å². The molecule has 0 aliphatic rings. The van der Waals surface area contributed by atoms with Crippen molar-refractivity contribution in [3.05, 3.63) is 60.8 Å². The van der Waals surface area contributed by atoms with Crippen molar-refractivity contribution in [2.24, 2.45) is 0 Å². The van der Waals surface area contributed by atoms with Crippen molar-refractivity contribution in [1.29, 1.82) is 0 Å². The molecule has 0 N–H and O–H groups in total. The van der Waals surface area contributed by atoms with Crippen LogP contribution in [0.3, 0.4) is 0 Å². The van der Waals surface area contributed by atoms with Gasteiger partial charge in [-0.15, -0.1) is 0 Å². The van der Waals surface area contributed by atoms with Crippen molar-refractivity contribution < 1.29 is 28.6 Å². The normalized spacial score (nSPS) is 12.4. The Morgan fingerprint density at radius 3 is 0.871 bits per heavy atom. The van der Waals surface area contributed by atoms with Crippen molar-refractivity contribution in [2.45, 2.75) is 316 Å². The minimum absolute atomic E-state index is 0.0724. The summed E-state index contributed by atoms with van der Waals surface area (Å²) >= 11 is 0. The number of carbonyl (C=O) groups is 3. The van der Waals surface area contributed by atoms with Crippen LogP contribution < -0.4 is 0 Å². The van der Waals surface area contributed by atoms with Crippen LogP contribution in [0.2, 0.25) is 0 Å². The highest BCUT2D eigenvalue weighted by Crippen LogP contribution is 2.17. The molecule has 0 spiro atoms. The van der Waals surface area contributed by atoms with Gasteiger partial charge in [0.2, 0.25) is 0 Å². The fraction of sp³-hybridized carbons (Fsp3) is 0.797. The lowest BCUT2D eigenvalue weighted by molar-refractivity contribution is -0.167. The predicted octanol–water partition coefficient (Wildman–Crippen LogP) is 20.4. The van der Waals surface area contributed by atoms with E-state index in [0.29, 0.717) is 19.3 Å². The maximum atomic E-state index is 12.8. The van der Waals surface area contributed by atoms with Crippen LogP contribution in [0.1, 0.15) is 310 Å². The van der Waals surface area contributed by atoms with Gasteiger partial charge in [-0.05, 0) is 64.2 Å². The van der Waals surface area contributed by atoms with Gasteiger partial charge in [-0.1, -0.05) is 287 Å². The molecular weight excluding hydrogens is 865 g/mol. The number of unbranched alkanes of at least 4 members (excludes halogenated alkanes) is 34. The van der Waals surface area contributed by atoms with Gasteiger partial charge in [0.05, 0.1) is 0 Å². The molecule has 0 aliphatic carbocycles. The highest BCUT2D eigenvalue weighted by molar-refractivity contribution is 5.71. The van der Waals surface area contributed by atoms with E-state index in [1.54, 1.807) is 0 Å². The molecule has 0 saturated carbocycles. The number of esters is 3. The van der Waals surface area contributed by atoms with Gasteiger partial charge in [0, 0.05) is 19.3 Å². The molecule has 0 fully saturated rings. The molecule has 0 aromatic carbocycles. The number of allylic oxidation sites excluding steroid dienone is 10. The van der Waals surface area contributed by atoms with Crippen LogP contribution in [-0.4, -0.2) is 37.2 Å².